The Morgan fingerprint density at radius 1 is 1.32 bits per heavy atom. The monoisotopic (exact) mass is 360 g/mol. The van der Waals surface area contributed by atoms with Gasteiger partial charge in [0.15, 0.2) is 4.21 Å². The maximum atomic E-state index is 12.1. The molecule has 0 aliphatic heterocycles. The molecule has 0 amide bonds. The van der Waals surface area contributed by atoms with Crippen LogP contribution in [-0.2, 0) is 16.4 Å². The van der Waals surface area contributed by atoms with E-state index in [1.54, 1.807) is 19.1 Å². The van der Waals surface area contributed by atoms with Crippen LogP contribution in [0.3, 0.4) is 0 Å². The summed E-state index contributed by atoms with van der Waals surface area (Å²) in [4.78, 5) is 3.96. The zero-order valence-corrected chi connectivity index (χ0v) is 13.5. The molecule has 0 saturated heterocycles. The third-order valence-electron chi connectivity index (χ3n) is 2.45. The van der Waals surface area contributed by atoms with Crippen molar-refractivity contribution in [1.82, 2.24) is 4.98 Å². The van der Waals surface area contributed by atoms with Gasteiger partial charge in [0.05, 0.1) is 11.2 Å². The summed E-state index contributed by atoms with van der Waals surface area (Å²) in [5.74, 6) is 0. The maximum absolute atomic E-state index is 12.1. The van der Waals surface area contributed by atoms with Crippen molar-refractivity contribution in [3.63, 3.8) is 0 Å². The Morgan fingerprint density at radius 2 is 2.00 bits per heavy atom. The fourth-order valence-corrected chi connectivity index (χ4v) is 4.14. The number of aromatic nitrogens is 1. The quantitative estimate of drug-likeness (QED) is 0.832. The van der Waals surface area contributed by atoms with Gasteiger partial charge in [0.25, 0.3) is 10.0 Å². The van der Waals surface area contributed by atoms with Crippen LogP contribution in [0.25, 0.3) is 0 Å². The summed E-state index contributed by atoms with van der Waals surface area (Å²) in [6.07, 6.45) is 2.29. The number of hydrogen-bond donors (Lipinski definition) is 1. The fourth-order valence-electron chi connectivity index (χ4n) is 1.52. The van der Waals surface area contributed by atoms with Crippen LogP contribution >= 0.6 is 27.3 Å². The number of benzene rings is 1. The van der Waals surface area contributed by atoms with Crippen molar-refractivity contribution in [2.45, 2.75) is 17.6 Å². The lowest BCUT2D eigenvalue weighted by atomic mass is 10.2. The lowest BCUT2D eigenvalue weighted by molar-refractivity contribution is 0.603. The van der Waals surface area contributed by atoms with E-state index < -0.39 is 10.0 Å². The van der Waals surface area contributed by atoms with E-state index in [2.05, 4.69) is 25.6 Å². The fraction of sp³-hybridized carbons (Fsp3) is 0.250. The molecule has 0 aliphatic rings. The zero-order valence-electron chi connectivity index (χ0n) is 10.3. The molecule has 0 saturated carbocycles. The number of aryl methyl sites for hydroxylation is 2. The molecule has 0 aliphatic carbocycles. The lowest BCUT2D eigenvalue weighted by Gasteiger charge is -2.06. The molecule has 0 spiro atoms. The van der Waals surface area contributed by atoms with Crippen LogP contribution < -0.4 is 4.72 Å². The van der Waals surface area contributed by atoms with E-state index in [0.29, 0.717) is 5.69 Å². The standard InChI is InChI=1S/C12H13BrN2O2S2/c1-9-14-8-12(18-9)19(16,17)15-11-4-2-10(3-5-11)6-7-13/h2-5,8,15H,6-7H2,1H3. The third kappa shape index (κ3) is 3.77. The van der Waals surface area contributed by atoms with E-state index in [9.17, 15) is 8.42 Å². The molecule has 0 radical (unpaired) electrons. The van der Waals surface area contributed by atoms with Gasteiger partial charge >= 0.3 is 0 Å². The number of nitrogens with one attached hydrogen (secondary N) is 1. The second-order valence-corrected chi connectivity index (χ2v) is 7.88. The first-order valence-electron chi connectivity index (χ1n) is 5.61. The Kier molecular flexibility index (Phi) is 4.59. The van der Waals surface area contributed by atoms with Crippen molar-refractivity contribution in [3.05, 3.63) is 41.0 Å². The van der Waals surface area contributed by atoms with Gasteiger partial charge in [-0.2, -0.15) is 0 Å². The van der Waals surface area contributed by atoms with Crippen molar-refractivity contribution in [1.29, 1.82) is 0 Å². The van der Waals surface area contributed by atoms with E-state index in [0.717, 1.165) is 33.7 Å². The van der Waals surface area contributed by atoms with Crippen LogP contribution in [0.4, 0.5) is 5.69 Å². The highest BCUT2D eigenvalue weighted by molar-refractivity contribution is 9.09. The summed E-state index contributed by atoms with van der Waals surface area (Å²) in [5.41, 5.74) is 1.72. The molecule has 0 fully saturated rings. The van der Waals surface area contributed by atoms with Crippen LogP contribution in [0.2, 0.25) is 0 Å². The Labute approximate surface area is 125 Å². The number of sulfonamides is 1. The topological polar surface area (TPSA) is 59.1 Å². The summed E-state index contributed by atoms with van der Waals surface area (Å²) < 4.78 is 26.9. The van der Waals surface area contributed by atoms with Gasteiger partial charge in [-0.1, -0.05) is 28.1 Å². The molecule has 0 unspecified atom stereocenters. The van der Waals surface area contributed by atoms with Crippen molar-refractivity contribution in [3.8, 4) is 0 Å². The molecule has 1 N–H and O–H groups in total. The molecule has 4 nitrogen and oxygen atoms in total. The Bertz CT molecular complexity index is 651. The second-order valence-electron chi connectivity index (χ2n) is 3.94. The molecule has 1 heterocycles. The summed E-state index contributed by atoms with van der Waals surface area (Å²) in [7, 11) is -3.52. The van der Waals surface area contributed by atoms with Crippen LogP contribution in [0, 0.1) is 6.92 Å². The molecule has 1 aromatic carbocycles. The normalized spacial score (nSPS) is 11.5. The van der Waals surface area contributed by atoms with E-state index in [-0.39, 0.29) is 4.21 Å². The summed E-state index contributed by atoms with van der Waals surface area (Å²) in [6, 6.07) is 7.36. The van der Waals surface area contributed by atoms with Crippen LogP contribution in [0.15, 0.2) is 34.7 Å². The van der Waals surface area contributed by atoms with Crippen molar-refractivity contribution < 1.29 is 8.42 Å². The average molecular weight is 361 g/mol. The molecule has 102 valence electrons. The highest BCUT2D eigenvalue weighted by Gasteiger charge is 2.16. The first-order valence-corrected chi connectivity index (χ1v) is 9.03. The number of hydrogen-bond acceptors (Lipinski definition) is 4. The number of alkyl halides is 1. The molecular weight excluding hydrogens is 348 g/mol. The van der Waals surface area contributed by atoms with Gasteiger partial charge < -0.3 is 0 Å². The zero-order chi connectivity index (χ0) is 13.9. The van der Waals surface area contributed by atoms with E-state index in [4.69, 9.17) is 0 Å². The maximum Gasteiger partial charge on any atom is 0.273 e. The summed E-state index contributed by atoms with van der Waals surface area (Å²) in [5, 5.41) is 1.62. The van der Waals surface area contributed by atoms with Crippen molar-refractivity contribution in [2.24, 2.45) is 0 Å². The van der Waals surface area contributed by atoms with Gasteiger partial charge in [0, 0.05) is 11.0 Å². The van der Waals surface area contributed by atoms with Gasteiger partial charge in [-0.3, -0.25) is 4.72 Å². The molecular formula is C12H13BrN2O2S2. The van der Waals surface area contributed by atoms with Gasteiger partial charge in [0.1, 0.15) is 0 Å². The minimum atomic E-state index is -3.52. The third-order valence-corrected chi connectivity index (χ3v) is 5.61. The number of rotatable bonds is 5. The molecule has 2 rings (SSSR count). The van der Waals surface area contributed by atoms with Crippen molar-refractivity contribution in [2.75, 3.05) is 10.1 Å². The number of anilines is 1. The van der Waals surface area contributed by atoms with Crippen LogP contribution in [0.1, 0.15) is 10.6 Å². The van der Waals surface area contributed by atoms with E-state index >= 15 is 0 Å². The first-order chi connectivity index (χ1) is 9.01. The molecule has 7 heteroatoms. The van der Waals surface area contributed by atoms with Crippen LogP contribution in [0.5, 0.6) is 0 Å². The summed E-state index contributed by atoms with van der Waals surface area (Å²) >= 11 is 4.53. The SMILES string of the molecule is Cc1ncc(S(=O)(=O)Nc2ccc(CCBr)cc2)s1. The highest BCUT2D eigenvalue weighted by atomic mass is 79.9. The Morgan fingerprint density at radius 3 is 2.53 bits per heavy atom. The molecule has 19 heavy (non-hydrogen) atoms. The minimum absolute atomic E-state index is 0.231. The Hall–Kier alpha value is -0.920. The Balaban J connectivity index is 2.16. The molecule has 0 atom stereocenters. The predicted molar refractivity (Wildman–Crippen MR) is 81.6 cm³/mol. The second kappa shape index (κ2) is 6.02. The van der Waals surface area contributed by atoms with Crippen molar-refractivity contribution >= 4 is 43.0 Å². The minimum Gasteiger partial charge on any atom is -0.279 e. The lowest BCUT2D eigenvalue weighted by Crippen LogP contribution is -2.11. The van der Waals surface area contributed by atoms with Gasteiger partial charge in [-0.05, 0) is 31.0 Å². The van der Waals surface area contributed by atoms with Gasteiger partial charge in [0.2, 0.25) is 0 Å². The highest BCUT2D eigenvalue weighted by Crippen LogP contribution is 2.21. The molecule has 0 bridgehead atoms. The first kappa shape index (κ1) is 14.5. The smallest absolute Gasteiger partial charge is 0.273 e. The van der Waals surface area contributed by atoms with Gasteiger partial charge in [-0.25, -0.2) is 13.4 Å². The molecule has 2 aromatic rings. The summed E-state index contributed by atoms with van der Waals surface area (Å²) in [6.45, 7) is 1.78. The van der Waals surface area contributed by atoms with Gasteiger partial charge in [-0.15, -0.1) is 11.3 Å². The number of nitrogens with zero attached hydrogens (tertiary/aromatic N) is 1. The van der Waals surface area contributed by atoms with E-state index in [1.165, 1.54) is 6.20 Å². The molecule has 1 aromatic heterocycles. The van der Waals surface area contributed by atoms with Crippen LogP contribution in [-0.4, -0.2) is 18.7 Å². The average Bonchev–Trinajstić information content (AvgIpc) is 2.79. The van der Waals surface area contributed by atoms with E-state index in [1.807, 2.05) is 12.1 Å². The largest absolute Gasteiger partial charge is 0.279 e. The number of halogens is 1. The number of thiazole rings is 1. The predicted octanol–water partition coefficient (Wildman–Crippen LogP) is 3.19.